The van der Waals surface area contributed by atoms with E-state index in [-0.39, 0.29) is 0 Å². The highest BCUT2D eigenvalue weighted by molar-refractivity contribution is 5.25. The number of hydrogen-bond acceptors (Lipinski definition) is 3. The topological polar surface area (TPSA) is 47.3 Å². The molecule has 0 aromatic rings. The molecular weight excluding hydrogens is 152 g/mol. The van der Waals surface area contributed by atoms with E-state index in [0.717, 1.165) is 12.3 Å². The Labute approximate surface area is 72.3 Å². The predicted molar refractivity (Wildman–Crippen MR) is 47.1 cm³/mol. The van der Waals surface area contributed by atoms with Gasteiger partial charge in [-0.05, 0) is 25.3 Å². The molecule has 0 amide bonds. The Morgan fingerprint density at radius 3 is 2.92 bits per heavy atom. The third kappa shape index (κ3) is 1.40. The molecule has 0 aromatic carbocycles. The number of ether oxygens (including phenoxy) is 1. The number of nitrogens with one attached hydrogen (secondary N) is 1. The smallest absolute Gasteiger partial charge is 0.141 e. The maximum atomic E-state index is 5.71. The van der Waals surface area contributed by atoms with Gasteiger partial charge in [-0.25, -0.2) is 0 Å². The molecule has 2 rings (SSSR count). The molecule has 1 fully saturated rings. The molecule has 12 heavy (non-hydrogen) atoms. The van der Waals surface area contributed by atoms with E-state index in [0.29, 0.717) is 11.8 Å². The molecule has 2 aliphatic rings. The molecule has 1 saturated carbocycles. The van der Waals surface area contributed by atoms with Crippen molar-refractivity contribution in [3.8, 4) is 0 Å². The summed E-state index contributed by atoms with van der Waals surface area (Å²) in [7, 11) is 0. The van der Waals surface area contributed by atoms with Gasteiger partial charge in [0.25, 0.3) is 0 Å². The molecule has 66 valence electrons. The Balaban J connectivity index is 1.93. The first-order chi connectivity index (χ1) is 5.86. The van der Waals surface area contributed by atoms with E-state index in [1.54, 1.807) is 6.20 Å². The molecule has 3 N–H and O–H groups in total. The van der Waals surface area contributed by atoms with Gasteiger partial charge in [0.15, 0.2) is 0 Å². The summed E-state index contributed by atoms with van der Waals surface area (Å²) in [6.07, 6.45) is 7.86. The fourth-order valence-electron chi connectivity index (χ4n) is 1.29. The minimum absolute atomic E-state index is 0.418. The van der Waals surface area contributed by atoms with Crippen LogP contribution in [0.3, 0.4) is 0 Å². The van der Waals surface area contributed by atoms with Gasteiger partial charge in [0, 0.05) is 12.7 Å². The van der Waals surface area contributed by atoms with E-state index in [4.69, 9.17) is 10.5 Å². The molecule has 0 spiro atoms. The lowest BCUT2D eigenvalue weighted by atomic mass is 9.96. The molecule has 1 aliphatic carbocycles. The van der Waals surface area contributed by atoms with Gasteiger partial charge in [-0.3, -0.25) is 0 Å². The van der Waals surface area contributed by atoms with Crippen LogP contribution in [0.4, 0.5) is 0 Å². The normalized spacial score (nSPS) is 23.3. The van der Waals surface area contributed by atoms with E-state index in [1.807, 2.05) is 6.08 Å². The minimum Gasteiger partial charge on any atom is -0.488 e. The van der Waals surface area contributed by atoms with Crippen molar-refractivity contribution < 1.29 is 4.74 Å². The Bertz CT molecular complexity index is 229. The van der Waals surface area contributed by atoms with E-state index in [1.165, 1.54) is 19.3 Å². The quantitative estimate of drug-likeness (QED) is 0.639. The van der Waals surface area contributed by atoms with Crippen LogP contribution in [0.2, 0.25) is 0 Å². The van der Waals surface area contributed by atoms with Crippen LogP contribution in [0.15, 0.2) is 23.7 Å². The monoisotopic (exact) mass is 166 g/mol. The lowest BCUT2D eigenvalue weighted by Crippen LogP contribution is -2.26. The number of dihydropyridines is 1. The van der Waals surface area contributed by atoms with Gasteiger partial charge in [0.1, 0.15) is 5.76 Å². The van der Waals surface area contributed by atoms with Crippen LogP contribution in [0.25, 0.3) is 0 Å². The first-order valence-electron chi connectivity index (χ1n) is 4.42. The van der Waals surface area contributed by atoms with Gasteiger partial charge in [0.2, 0.25) is 0 Å². The summed E-state index contributed by atoms with van der Waals surface area (Å²) in [4.78, 5) is 0. The van der Waals surface area contributed by atoms with Crippen molar-refractivity contribution in [1.82, 2.24) is 5.32 Å². The summed E-state index contributed by atoms with van der Waals surface area (Å²) in [5.41, 5.74) is 6.43. The van der Waals surface area contributed by atoms with Crippen LogP contribution in [0.5, 0.6) is 0 Å². The molecule has 0 atom stereocenters. The van der Waals surface area contributed by atoms with Gasteiger partial charge >= 0.3 is 0 Å². The maximum Gasteiger partial charge on any atom is 0.141 e. The summed E-state index contributed by atoms with van der Waals surface area (Å²) < 4.78 is 5.67. The SMILES string of the molecule is NC1=CNCC=C1OC1CCC1. The third-order valence-electron chi connectivity index (χ3n) is 2.29. The van der Waals surface area contributed by atoms with Crippen LogP contribution in [0, 0.1) is 0 Å². The lowest BCUT2D eigenvalue weighted by Gasteiger charge is -2.28. The molecule has 1 aliphatic heterocycles. The standard InChI is InChI=1S/C9H14N2O/c10-8-6-11-5-4-9(8)12-7-2-1-3-7/h4,6-7,11H,1-3,5,10H2. The first kappa shape index (κ1) is 7.53. The van der Waals surface area contributed by atoms with Crippen molar-refractivity contribution in [2.75, 3.05) is 6.54 Å². The molecule has 0 bridgehead atoms. The zero-order valence-electron chi connectivity index (χ0n) is 7.05. The van der Waals surface area contributed by atoms with Gasteiger partial charge in [-0.2, -0.15) is 0 Å². The van der Waals surface area contributed by atoms with Crippen molar-refractivity contribution in [2.45, 2.75) is 25.4 Å². The second kappa shape index (κ2) is 3.09. The van der Waals surface area contributed by atoms with Crippen LogP contribution >= 0.6 is 0 Å². The zero-order chi connectivity index (χ0) is 8.39. The number of nitrogens with two attached hydrogens (primary N) is 1. The Kier molecular flexibility index (Phi) is 1.94. The molecule has 0 aromatic heterocycles. The van der Waals surface area contributed by atoms with Crippen LogP contribution in [-0.2, 0) is 4.74 Å². The summed E-state index contributed by atoms with van der Waals surface area (Å²) in [5, 5.41) is 3.03. The predicted octanol–water partition coefficient (Wildman–Crippen LogP) is 0.843. The molecule has 1 heterocycles. The van der Waals surface area contributed by atoms with Crippen molar-refractivity contribution >= 4 is 0 Å². The molecule has 0 saturated heterocycles. The van der Waals surface area contributed by atoms with E-state index < -0.39 is 0 Å². The maximum absolute atomic E-state index is 5.71. The second-order valence-corrected chi connectivity index (χ2v) is 3.25. The number of hydrogen-bond donors (Lipinski definition) is 2. The van der Waals surface area contributed by atoms with E-state index in [9.17, 15) is 0 Å². The Hall–Kier alpha value is -1.12. The van der Waals surface area contributed by atoms with Crippen molar-refractivity contribution in [2.24, 2.45) is 5.73 Å². The van der Waals surface area contributed by atoms with E-state index in [2.05, 4.69) is 5.32 Å². The van der Waals surface area contributed by atoms with E-state index >= 15 is 0 Å². The lowest BCUT2D eigenvalue weighted by molar-refractivity contribution is 0.0555. The number of rotatable bonds is 2. The average molecular weight is 166 g/mol. The highest BCUT2D eigenvalue weighted by atomic mass is 16.5. The second-order valence-electron chi connectivity index (χ2n) is 3.25. The Morgan fingerprint density at radius 2 is 2.33 bits per heavy atom. The van der Waals surface area contributed by atoms with Gasteiger partial charge in [-0.15, -0.1) is 0 Å². The molecule has 3 nitrogen and oxygen atoms in total. The van der Waals surface area contributed by atoms with Crippen molar-refractivity contribution in [3.63, 3.8) is 0 Å². The molecular formula is C9H14N2O. The zero-order valence-corrected chi connectivity index (χ0v) is 7.05. The van der Waals surface area contributed by atoms with Crippen LogP contribution in [0.1, 0.15) is 19.3 Å². The minimum atomic E-state index is 0.418. The highest BCUT2D eigenvalue weighted by Crippen LogP contribution is 2.25. The average Bonchev–Trinajstić information content (AvgIpc) is 2.00. The van der Waals surface area contributed by atoms with Gasteiger partial charge < -0.3 is 15.8 Å². The largest absolute Gasteiger partial charge is 0.488 e. The van der Waals surface area contributed by atoms with Gasteiger partial charge in [-0.1, -0.05) is 0 Å². The first-order valence-corrected chi connectivity index (χ1v) is 4.42. The summed E-state index contributed by atoms with van der Waals surface area (Å²) >= 11 is 0. The molecule has 0 unspecified atom stereocenters. The summed E-state index contributed by atoms with van der Waals surface area (Å²) in [6, 6.07) is 0. The highest BCUT2D eigenvalue weighted by Gasteiger charge is 2.21. The van der Waals surface area contributed by atoms with Crippen LogP contribution in [-0.4, -0.2) is 12.6 Å². The van der Waals surface area contributed by atoms with Crippen molar-refractivity contribution in [3.05, 3.63) is 23.7 Å². The van der Waals surface area contributed by atoms with Gasteiger partial charge in [0.05, 0.1) is 11.8 Å². The molecule has 0 radical (unpaired) electrons. The summed E-state index contributed by atoms with van der Waals surface area (Å²) in [5.74, 6) is 0.860. The Morgan fingerprint density at radius 1 is 1.50 bits per heavy atom. The summed E-state index contributed by atoms with van der Waals surface area (Å²) in [6.45, 7) is 0.822. The van der Waals surface area contributed by atoms with Crippen LogP contribution < -0.4 is 11.1 Å². The fraction of sp³-hybridized carbons (Fsp3) is 0.556. The third-order valence-corrected chi connectivity index (χ3v) is 2.29. The fourth-order valence-corrected chi connectivity index (χ4v) is 1.29. The van der Waals surface area contributed by atoms with Crippen molar-refractivity contribution in [1.29, 1.82) is 0 Å². The molecule has 3 heteroatoms.